The van der Waals surface area contributed by atoms with Crippen LogP contribution in [0.2, 0.25) is 0 Å². The zero-order valence-corrected chi connectivity index (χ0v) is 11.6. The van der Waals surface area contributed by atoms with Gasteiger partial charge in [-0.25, -0.2) is 4.39 Å². The molecule has 1 unspecified atom stereocenters. The first-order valence-electron chi connectivity index (χ1n) is 6.90. The highest BCUT2D eigenvalue weighted by molar-refractivity contribution is 5.25. The first kappa shape index (κ1) is 14.7. The first-order chi connectivity index (χ1) is 9.72. The molecule has 3 heteroatoms. The van der Waals surface area contributed by atoms with Crippen molar-refractivity contribution in [2.75, 3.05) is 6.61 Å². The van der Waals surface area contributed by atoms with E-state index in [0.717, 1.165) is 17.5 Å². The minimum atomic E-state index is -0.239. The van der Waals surface area contributed by atoms with E-state index in [4.69, 9.17) is 0 Å². The summed E-state index contributed by atoms with van der Waals surface area (Å²) in [7, 11) is 0. The highest BCUT2D eigenvalue weighted by atomic mass is 19.1. The van der Waals surface area contributed by atoms with Crippen molar-refractivity contribution in [3.63, 3.8) is 0 Å². The topological polar surface area (TPSA) is 32.3 Å². The van der Waals surface area contributed by atoms with E-state index in [2.05, 4.69) is 24.4 Å². The minimum absolute atomic E-state index is 0.0147. The highest BCUT2D eigenvalue weighted by Gasteiger charge is 2.09. The van der Waals surface area contributed by atoms with Crippen molar-refractivity contribution in [1.29, 1.82) is 0 Å². The lowest BCUT2D eigenvalue weighted by atomic mass is 10.0. The van der Waals surface area contributed by atoms with Gasteiger partial charge in [0.1, 0.15) is 5.82 Å². The Hall–Kier alpha value is -1.71. The van der Waals surface area contributed by atoms with Gasteiger partial charge in [0.25, 0.3) is 0 Å². The van der Waals surface area contributed by atoms with Crippen LogP contribution in [0.5, 0.6) is 0 Å². The van der Waals surface area contributed by atoms with Crippen molar-refractivity contribution < 1.29 is 9.50 Å². The van der Waals surface area contributed by atoms with E-state index in [0.29, 0.717) is 6.54 Å². The Morgan fingerprint density at radius 3 is 2.45 bits per heavy atom. The van der Waals surface area contributed by atoms with Crippen LogP contribution in [0.4, 0.5) is 4.39 Å². The molecule has 1 atom stereocenters. The second-order valence-electron chi connectivity index (χ2n) is 4.84. The van der Waals surface area contributed by atoms with Crippen LogP contribution in [-0.2, 0) is 13.0 Å². The zero-order chi connectivity index (χ0) is 14.4. The second-order valence-corrected chi connectivity index (χ2v) is 4.84. The van der Waals surface area contributed by atoms with E-state index in [9.17, 15) is 9.50 Å². The van der Waals surface area contributed by atoms with Crippen molar-refractivity contribution in [3.8, 4) is 0 Å². The Morgan fingerprint density at radius 2 is 1.85 bits per heavy atom. The summed E-state index contributed by atoms with van der Waals surface area (Å²) >= 11 is 0. The average molecular weight is 273 g/mol. The Kier molecular flexibility index (Phi) is 5.27. The Bertz CT molecular complexity index is 539. The van der Waals surface area contributed by atoms with Gasteiger partial charge < -0.3 is 10.4 Å². The lowest BCUT2D eigenvalue weighted by Gasteiger charge is -2.17. The van der Waals surface area contributed by atoms with Crippen LogP contribution in [0.1, 0.15) is 29.7 Å². The molecule has 0 fully saturated rings. The van der Waals surface area contributed by atoms with E-state index in [1.165, 1.54) is 17.7 Å². The highest BCUT2D eigenvalue weighted by Crippen LogP contribution is 2.15. The molecule has 0 aliphatic heterocycles. The summed E-state index contributed by atoms with van der Waals surface area (Å²) in [6.07, 6.45) is 1.00. The molecule has 2 N–H and O–H groups in total. The number of aliphatic hydroxyl groups excluding tert-OH is 1. The third-order valence-corrected chi connectivity index (χ3v) is 3.41. The fraction of sp³-hybridized carbons (Fsp3) is 0.294. The largest absolute Gasteiger partial charge is 0.394 e. The van der Waals surface area contributed by atoms with Crippen molar-refractivity contribution in [3.05, 3.63) is 71.0 Å². The molecule has 0 radical (unpaired) electrons. The van der Waals surface area contributed by atoms with Crippen LogP contribution in [0.3, 0.4) is 0 Å². The molecule has 0 bridgehead atoms. The van der Waals surface area contributed by atoms with Crippen molar-refractivity contribution in [1.82, 2.24) is 5.32 Å². The Labute approximate surface area is 119 Å². The number of rotatable bonds is 6. The molecule has 2 aromatic rings. The maximum Gasteiger partial charge on any atom is 0.123 e. The smallest absolute Gasteiger partial charge is 0.123 e. The van der Waals surface area contributed by atoms with Gasteiger partial charge in [0.15, 0.2) is 0 Å². The first-order valence-corrected chi connectivity index (χ1v) is 6.90. The molecule has 0 saturated heterocycles. The molecule has 0 aromatic heterocycles. The molecule has 0 heterocycles. The fourth-order valence-electron chi connectivity index (χ4n) is 2.16. The molecular weight excluding hydrogens is 253 g/mol. The van der Waals surface area contributed by atoms with Crippen LogP contribution in [-0.4, -0.2) is 11.7 Å². The third kappa shape index (κ3) is 3.89. The standard InChI is InChI=1S/C17H20FNO/c1-2-13-6-8-15(9-7-13)17(12-20)19-11-14-4-3-5-16(18)10-14/h3-10,17,19-20H,2,11-12H2,1H3. The number of hydrogen-bond acceptors (Lipinski definition) is 2. The van der Waals surface area contributed by atoms with Crippen molar-refractivity contribution >= 4 is 0 Å². The van der Waals surface area contributed by atoms with Crippen LogP contribution < -0.4 is 5.32 Å². The van der Waals surface area contributed by atoms with E-state index in [-0.39, 0.29) is 18.5 Å². The van der Waals surface area contributed by atoms with Gasteiger partial charge in [-0.3, -0.25) is 0 Å². The van der Waals surface area contributed by atoms with Crippen LogP contribution in [0.25, 0.3) is 0 Å². The molecule has 2 nitrogen and oxygen atoms in total. The van der Waals surface area contributed by atoms with Crippen LogP contribution in [0, 0.1) is 5.82 Å². The van der Waals surface area contributed by atoms with Crippen molar-refractivity contribution in [2.24, 2.45) is 0 Å². The van der Waals surface area contributed by atoms with Gasteiger partial charge in [-0.1, -0.05) is 43.3 Å². The van der Waals surface area contributed by atoms with E-state index in [1.807, 2.05) is 18.2 Å². The van der Waals surface area contributed by atoms with Crippen molar-refractivity contribution in [2.45, 2.75) is 25.9 Å². The summed E-state index contributed by atoms with van der Waals surface area (Å²) in [5, 5.41) is 12.8. The molecule has 20 heavy (non-hydrogen) atoms. The Balaban J connectivity index is 2.01. The summed E-state index contributed by atoms with van der Waals surface area (Å²) in [6.45, 7) is 2.65. The molecule has 0 amide bonds. The Morgan fingerprint density at radius 1 is 1.10 bits per heavy atom. The molecule has 2 rings (SSSR count). The summed E-state index contributed by atoms with van der Waals surface area (Å²) < 4.78 is 13.1. The van der Waals surface area contributed by atoms with Crippen LogP contribution in [0.15, 0.2) is 48.5 Å². The van der Waals surface area contributed by atoms with Gasteiger partial charge in [0, 0.05) is 6.54 Å². The normalized spacial score (nSPS) is 12.3. The van der Waals surface area contributed by atoms with Crippen LogP contribution >= 0.6 is 0 Å². The second kappa shape index (κ2) is 7.17. The third-order valence-electron chi connectivity index (χ3n) is 3.41. The number of aliphatic hydroxyl groups is 1. The summed E-state index contributed by atoms with van der Waals surface area (Å²) in [5.74, 6) is -0.239. The quantitative estimate of drug-likeness (QED) is 0.847. The van der Waals surface area contributed by atoms with E-state index < -0.39 is 0 Å². The van der Waals surface area contributed by atoms with Gasteiger partial charge >= 0.3 is 0 Å². The summed E-state index contributed by atoms with van der Waals surface area (Å²) in [4.78, 5) is 0. The predicted octanol–water partition coefficient (Wildman–Crippen LogP) is 3.21. The van der Waals surface area contributed by atoms with E-state index in [1.54, 1.807) is 6.07 Å². The monoisotopic (exact) mass is 273 g/mol. The summed E-state index contributed by atoms with van der Waals surface area (Å²) in [6, 6.07) is 14.5. The number of halogens is 1. The fourth-order valence-corrected chi connectivity index (χ4v) is 2.16. The number of benzene rings is 2. The molecule has 106 valence electrons. The van der Waals surface area contributed by atoms with Gasteiger partial charge in [-0.05, 0) is 35.2 Å². The molecule has 0 saturated carbocycles. The van der Waals surface area contributed by atoms with Gasteiger partial charge in [0.2, 0.25) is 0 Å². The zero-order valence-electron chi connectivity index (χ0n) is 11.6. The molecular formula is C17H20FNO. The van der Waals surface area contributed by atoms with Gasteiger partial charge in [0.05, 0.1) is 12.6 Å². The number of aryl methyl sites for hydroxylation is 1. The number of hydrogen-bond donors (Lipinski definition) is 2. The minimum Gasteiger partial charge on any atom is -0.394 e. The predicted molar refractivity (Wildman–Crippen MR) is 78.9 cm³/mol. The number of nitrogens with one attached hydrogen (secondary N) is 1. The SMILES string of the molecule is CCc1ccc(C(CO)NCc2cccc(F)c2)cc1. The molecule has 0 aliphatic rings. The molecule has 0 aliphatic carbocycles. The maximum absolute atomic E-state index is 13.1. The lowest BCUT2D eigenvalue weighted by molar-refractivity contribution is 0.243. The van der Waals surface area contributed by atoms with Gasteiger partial charge in [-0.15, -0.1) is 0 Å². The van der Waals surface area contributed by atoms with Gasteiger partial charge in [-0.2, -0.15) is 0 Å². The average Bonchev–Trinajstić information content (AvgIpc) is 2.48. The lowest BCUT2D eigenvalue weighted by Crippen LogP contribution is -2.24. The summed E-state index contributed by atoms with van der Waals surface area (Å²) in [5.41, 5.74) is 3.19. The molecule has 0 spiro atoms. The molecule has 2 aromatic carbocycles. The maximum atomic E-state index is 13.1. The van der Waals surface area contributed by atoms with E-state index >= 15 is 0 Å².